The van der Waals surface area contributed by atoms with Crippen LogP contribution in [0.25, 0.3) is 22.6 Å². The Morgan fingerprint density at radius 2 is 1.95 bits per heavy atom. The number of nitrogens with zero attached hydrogens (tertiary/aromatic N) is 2. The van der Waals surface area contributed by atoms with E-state index in [-0.39, 0.29) is 5.56 Å². The molecule has 0 unspecified atom stereocenters. The summed E-state index contributed by atoms with van der Waals surface area (Å²) in [6, 6.07) is 15.4. The van der Waals surface area contributed by atoms with Gasteiger partial charge in [-0.25, -0.2) is 4.98 Å². The molecule has 0 saturated heterocycles. The third kappa shape index (κ3) is 2.14. The van der Waals surface area contributed by atoms with Gasteiger partial charge in [-0.3, -0.25) is 9.36 Å². The zero-order chi connectivity index (χ0) is 15.1. The van der Waals surface area contributed by atoms with Crippen molar-refractivity contribution in [1.82, 2.24) is 9.55 Å². The SMILES string of the molecule is O=c1c2cc(Cl)ccc2nc2n1CC/C2=C/c1ccccc1. The number of fused-ring (bicyclic) bond motifs is 2. The van der Waals surface area contributed by atoms with Crippen molar-refractivity contribution < 1.29 is 0 Å². The topological polar surface area (TPSA) is 34.9 Å². The van der Waals surface area contributed by atoms with Crippen molar-refractivity contribution in [1.29, 1.82) is 0 Å². The van der Waals surface area contributed by atoms with Crippen molar-refractivity contribution in [2.24, 2.45) is 0 Å². The molecule has 0 N–H and O–H groups in total. The van der Waals surface area contributed by atoms with Gasteiger partial charge in [0.1, 0.15) is 5.82 Å². The lowest BCUT2D eigenvalue weighted by Crippen LogP contribution is -2.20. The van der Waals surface area contributed by atoms with E-state index in [4.69, 9.17) is 11.6 Å². The third-order valence-corrected chi connectivity index (χ3v) is 4.18. The van der Waals surface area contributed by atoms with Crippen LogP contribution in [0.1, 0.15) is 17.8 Å². The largest absolute Gasteiger partial charge is 0.292 e. The minimum atomic E-state index is -0.0149. The molecule has 4 heteroatoms. The lowest BCUT2D eigenvalue weighted by molar-refractivity contribution is 0.725. The number of hydrogen-bond donors (Lipinski definition) is 0. The van der Waals surface area contributed by atoms with E-state index in [1.165, 1.54) is 0 Å². The molecular formula is C18H13ClN2O. The summed E-state index contributed by atoms with van der Waals surface area (Å²) in [5.74, 6) is 0.767. The summed E-state index contributed by atoms with van der Waals surface area (Å²) < 4.78 is 1.74. The Hall–Kier alpha value is -2.39. The summed E-state index contributed by atoms with van der Waals surface area (Å²) in [6.07, 6.45) is 2.92. The Morgan fingerprint density at radius 1 is 1.14 bits per heavy atom. The molecule has 4 rings (SSSR count). The van der Waals surface area contributed by atoms with Crippen LogP contribution in [0.5, 0.6) is 0 Å². The smallest absolute Gasteiger partial charge is 0.261 e. The summed E-state index contributed by atoms with van der Waals surface area (Å²) in [5, 5.41) is 1.14. The average Bonchev–Trinajstić information content (AvgIpc) is 2.93. The minimum Gasteiger partial charge on any atom is -0.292 e. The second-order valence-corrected chi connectivity index (χ2v) is 5.82. The first-order valence-electron chi connectivity index (χ1n) is 7.18. The predicted octanol–water partition coefficient (Wildman–Crippen LogP) is 3.99. The summed E-state index contributed by atoms with van der Waals surface area (Å²) >= 11 is 5.99. The van der Waals surface area contributed by atoms with E-state index >= 15 is 0 Å². The number of aromatic nitrogens is 2. The van der Waals surface area contributed by atoms with Crippen LogP contribution in [-0.2, 0) is 6.54 Å². The number of hydrogen-bond acceptors (Lipinski definition) is 2. The standard InChI is InChI=1S/C18H13ClN2O/c19-14-6-7-16-15(11-14)18(22)21-9-8-13(17(21)20-16)10-12-4-2-1-3-5-12/h1-7,10-11H,8-9H2/b13-10-. The van der Waals surface area contributed by atoms with Crippen LogP contribution in [0.3, 0.4) is 0 Å². The molecule has 1 aliphatic rings. The predicted molar refractivity (Wildman–Crippen MR) is 89.9 cm³/mol. The van der Waals surface area contributed by atoms with Crippen molar-refractivity contribution in [2.75, 3.05) is 0 Å². The molecule has 2 aromatic carbocycles. The third-order valence-electron chi connectivity index (χ3n) is 3.95. The summed E-state index contributed by atoms with van der Waals surface area (Å²) in [5.41, 5.74) is 2.90. The molecule has 2 heterocycles. The molecule has 3 nitrogen and oxygen atoms in total. The van der Waals surface area contributed by atoms with Crippen LogP contribution < -0.4 is 5.56 Å². The quantitative estimate of drug-likeness (QED) is 0.681. The van der Waals surface area contributed by atoms with E-state index in [9.17, 15) is 4.79 Å². The monoisotopic (exact) mass is 308 g/mol. The maximum atomic E-state index is 12.6. The van der Waals surface area contributed by atoms with Gasteiger partial charge in [0.15, 0.2) is 0 Å². The Kier molecular flexibility index (Phi) is 3.09. The van der Waals surface area contributed by atoms with E-state index in [0.717, 1.165) is 23.4 Å². The highest BCUT2D eigenvalue weighted by molar-refractivity contribution is 6.31. The number of allylic oxidation sites excluding steroid dienone is 1. The zero-order valence-corrected chi connectivity index (χ0v) is 12.5. The molecule has 0 atom stereocenters. The molecule has 1 aliphatic heterocycles. The van der Waals surface area contributed by atoms with Crippen molar-refractivity contribution in [2.45, 2.75) is 13.0 Å². The molecule has 0 fully saturated rings. The van der Waals surface area contributed by atoms with Crippen LogP contribution in [0.15, 0.2) is 53.3 Å². The first-order valence-corrected chi connectivity index (χ1v) is 7.56. The Balaban J connectivity index is 1.92. The van der Waals surface area contributed by atoms with Gasteiger partial charge in [0.2, 0.25) is 0 Å². The van der Waals surface area contributed by atoms with Crippen molar-refractivity contribution >= 4 is 34.2 Å². The van der Waals surface area contributed by atoms with Gasteiger partial charge in [0.05, 0.1) is 10.9 Å². The molecule has 0 bridgehead atoms. The van der Waals surface area contributed by atoms with Gasteiger partial charge in [-0.15, -0.1) is 0 Å². The van der Waals surface area contributed by atoms with Crippen LogP contribution in [0.2, 0.25) is 5.02 Å². The van der Waals surface area contributed by atoms with E-state index in [2.05, 4.69) is 23.2 Å². The van der Waals surface area contributed by atoms with Crippen LogP contribution in [-0.4, -0.2) is 9.55 Å². The van der Waals surface area contributed by atoms with Crippen LogP contribution in [0.4, 0.5) is 0 Å². The van der Waals surface area contributed by atoms with Crippen molar-refractivity contribution in [3.8, 4) is 0 Å². The normalized spacial score (nSPS) is 15.4. The van der Waals surface area contributed by atoms with Gasteiger partial charge in [-0.1, -0.05) is 41.9 Å². The summed E-state index contributed by atoms with van der Waals surface area (Å²) in [4.78, 5) is 17.3. The Labute approximate surface area is 132 Å². The Morgan fingerprint density at radius 3 is 2.77 bits per heavy atom. The van der Waals surface area contributed by atoms with Gasteiger partial charge in [0.25, 0.3) is 5.56 Å². The van der Waals surface area contributed by atoms with E-state index < -0.39 is 0 Å². The van der Waals surface area contributed by atoms with E-state index in [1.54, 1.807) is 22.8 Å². The summed E-state index contributed by atoms with van der Waals surface area (Å²) in [7, 11) is 0. The lowest BCUT2D eigenvalue weighted by atomic mass is 10.1. The molecule has 3 aromatic rings. The molecule has 0 spiro atoms. The fourth-order valence-corrected chi connectivity index (χ4v) is 3.05. The molecule has 0 amide bonds. The van der Waals surface area contributed by atoms with Crippen LogP contribution >= 0.6 is 11.6 Å². The van der Waals surface area contributed by atoms with Gasteiger partial charge < -0.3 is 0 Å². The second-order valence-electron chi connectivity index (χ2n) is 5.38. The number of benzene rings is 2. The molecule has 0 aliphatic carbocycles. The van der Waals surface area contributed by atoms with Gasteiger partial charge >= 0.3 is 0 Å². The Bertz CT molecular complexity index is 958. The van der Waals surface area contributed by atoms with E-state index in [0.29, 0.717) is 22.5 Å². The molecule has 108 valence electrons. The minimum absolute atomic E-state index is 0.0149. The van der Waals surface area contributed by atoms with Gasteiger partial charge in [0, 0.05) is 11.6 Å². The first-order chi connectivity index (χ1) is 10.7. The number of halogens is 1. The molecule has 0 radical (unpaired) electrons. The highest BCUT2D eigenvalue weighted by Crippen LogP contribution is 2.27. The maximum absolute atomic E-state index is 12.6. The fraction of sp³-hybridized carbons (Fsp3) is 0.111. The zero-order valence-electron chi connectivity index (χ0n) is 11.8. The maximum Gasteiger partial charge on any atom is 0.261 e. The second kappa shape index (κ2) is 5.11. The molecular weight excluding hydrogens is 296 g/mol. The first kappa shape index (κ1) is 13.3. The highest BCUT2D eigenvalue weighted by Gasteiger charge is 2.20. The van der Waals surface area contributed by atoms with Gasteiger partial charge in [-0.2, -0.15) is 0 Å². The molecule has 0 saturated carbocycles. The lowest BCUT2D eigenvalue weighted by Gasteiger charge is -2.05. The van der Waals surface area contributed by atoms with E-state index in [1.807, 2.05) is 18.2 Å². The van der Waals surface area contributed by atoms with Crippen molar-refractivity contribution in [3.05, 3.63) is 75.3 Å². The summed E-state index contributed by atoms with van der Waals surface area (Å²) in [6.45, 7) is 0.669. The molecule has 1 aromatic heterocycles. The number of rotatable bonds is 1. The van der Waals surface area contributed by atoms with Crippen LogP contribution in [0, 0.1) is 0 Å². The van der Waals surface area contributed by atoms with Gasteiger partial charge in [-0.05, 0) is 41.8 Å². The van der Waals surface area contributed by atoms with Crippen molar-refractivity contribution in [3.63, 3.8) is 0 Å². The highest BCUT2D eigenvalue weighted by atomic mass is 35.5. The fourth-order valence-electron chi connectivity index (χ4n) is 2.88. The average molecular weight is 309 g/mol. The molecule has 22 heavy (non-hydrogen) atoms.